The highest BCUT2D eigenvalue weighted by molar-refractivity contribution is 7.87. The van der Waals surface area contributed by atoms with E-state index in [4.69, 9.17) is 10.5 Å². The van der Waals surface area contributed by atoms with E-state index in [-0.39, 0.29) is 6.54 Å². The van der Waals surface area contributed by atoms with Crippen LogP contribution in [0.4, 0.5) is 0 Å². The van der Waals surface area contributed by atoms with Gasteiger partial charge in [0.1, 0.15) is 0 Å². The number of nitrogens with one attached hydrogen (secondary N) is 2. The van der Waals surface area contributed by atoms with E-state index in [1.165, 1.54) is 7.11 Å². The van der Waals surface area contributed by atoms with Crippen LogP contribution in [0.3, 0.4) is 0 Å². The van der Waals surface area contributed by atoms with Crippen molar-refractivity contribution in [3.05, 3.63) is 0 Å². The van der Waals surface area contributed by atoms with Crippen molar-refractivity contribution >= 4 is 10.2 Å². The summed E-state index contributed by atoms with van der Waals surface area (Å²) in [5.74, 6) is 0. The Morgan fingerprint density at radius 3 is 2.47 bits per heavy atom. The zero-order valence-corrected chi connectivity index (χ0v) is 11.2. The summed E-state index contributed by atoms with van der Waals surface area (Å²) in [5.41, 5.74) is 5.26. The molecule has 0 heterocycles. The van der Waals surface area contributed by atoms with Gasteiger partial charge in [-0.1, -0.05) is 19.3 Å². The van der Waals surface area contributed by atoms with Crippen LogP contribution in [0.15, 0.2) is 0 Å². The predicted molar refractivity (Wildman–Crippen MR) is 66.8 cm³/mol. The van der Waals surface area contributed by atoms with E-state index >= 15 is 0 Å². The van der Waals surface area contributed by atoms with Gasteiger partial charge in [0.2, 0.25) is 0 Å². The van der Waals surface area contributed by atoms with Crippen molar-refractivity contribution in [2.24, 2.45) is 5.73 Å². The monoisotopic (exact) mass is 265 g/mol. The molecule has 1 rings (SSSR count). The van der Waals surface area contributed by atoms with E-state index in [2.05, 4.69) is 9.44 Å². The highest BCUT2D eigenvalue weighted by Crippen LogP contribution is 2.27. The van der Waals surface area contributed by atoms with Gasteiger partial charge in [0, 0.05) is 25.7 Å². The second-order valence-corrected chi connectivity index (χ2v) is 6.04. The fourth-order valence-corrected chi connectivity index (χ4v) is 3.46. The molecule has 1 fully saturated rings. The number of methoxy groups -OCH3 is 1. The summed E-state index contributed by atoms with van der Waals surface area (Å²) in [6, 6.07) is 0. The molecule has 0 spiro atoms. The molecule has 4 N–H and O–H groups in total. The quantitative estimate of drug-likeness (QED) is 0.552. The standard InChI is InChI=1S/C10H23N3O3S/c1-16-8-7-12-17(14,15)13-10(9-11)5-3-2-4-6-10/h12-13H,2-9,11H2,1H3. The first-order valence-electron chi connectivity index (χ1n) is 6.01. The van der Waals surface area contributed by atoms with Crippen molar-refractivity contribution in [2.45, 2.75) is 37.6 Å². The Balaban J connectivity index is 2.54. The van der Waals surface area contributed by atoms with Crippen LogP contribution in [0.5, 0.6) is 0 Å². The molecule has 0 radical (unpaired) electrons. The minimum Gasteiger partial charge on any atom is -0.383 e. The Morgan fingerprint density at radius 1 is 1.29 bits per heavy atom. The summed E-state index contributed by atoms with van der Waals surface area (Å²) >= 11 is 0. The number of nitrogens with two attached hydrogens (primary N) is 1. The largest absolute Gasteiger partial charge is 0.383 e. The van der Waals surface area contributed by atoms with Crippen LogP contribution in [0.2, 0.25) is 0 Å². The van der Waals surface area contributed by atoms with Crippen LogP contribution in [0.25, 0.3) is 0 Å². The van der Waals surface area contributed by atoms with E-state index < -0.39 is 15.7 Å². The van der Waals surface area contributed by atoms with Crippen LogP contribution < -0.4 is 15.2 Å². The lowest BCUT2D eigenvalue weighted by molar-refractivity contribution is 0.204. The van der Waals surface area contributed by atoms with Crippen LogP contribution >= 0.6 is 0 Å². The lowest BCUT2D eigenvalue weighted by Crippen LogP contribution is -2.57. The second-order valence-electron chi connectivity index (χ2n) is 4.54. The first-order valence-corrected chi connectivity index (χ1v) is 7.49. The number of rotatable bonds is 7. The van der Waals surface area contributed by atoms with Gasteiger partial charge in [0.05, 0.1) is 6.61 Å². The maximum absolute atomic E-state index is 11.8. The minimum absolute atomic E-state index is 0.270. The summed E-state index contributed by atoms with van der Waals surface area (Å²) in [4.78, 5) is 0. The van der Waals surface area contributed by atoms with E-state index in [0.717, 1.165) is 32.1 Å². The van der Waals surface area contributed by atoms with Gasteiger partial charge < -0.3 is 10.5 Å². The third-order valence-electron chi connectivity index (χ3n) is 3.15. The highest BCUT2D eigenvalue weighted by Gasteiger charge is 2.34. The van der Waals surface area contributed by atoms with Crippen LogP contribution in [-0.2, 0) is 14.9 Å². The molecule has 102 valence electrons. The second kappa shape index (κ2) is 6.65. The van der Waals surface area contributed by atoms with Crippen LogP contribution in [-0.4, -0.2) is 40.8 Å². The Bertz CT molecular complexity index is 313. The maximum Gasteiger partial charge on any atom is 0.277 e. The van der Waals surface area contributed by atoms with Gasteiger partial charge in [-0.25, -0.2) is 0 Å². The van der Waals surface area contributed by atoms with E-state index in [0.29, 0.717) is 13.2 Å². The molecular weight excluding hydrogens is 242 g/mol. The van der Waals surface area contributed by atoms with E-state index in [1.54, 1.807) is 0 Å². The maximum atomic E-state index is 11.8. The normalized spacial score (nSPS) is 20.4. The molecule has 6 nitrogen and oxygen atoms in total. The van der Waals surface area contributed by atoms with Crippen LogP contribution in [0.1, 0.15) is 32.1 Å². The van der Waals surface area contributed by atoms with Gasteiger partial charge in [-0.05, 0) is 12.8 Å². The van der Waals surface area contributed by atoms with Crippen molar-refractivity contribution in [1.29, 1.82) is 0 Å². The first-order chi connectivity index (χ1) is 8.04. The molecule has 0 bridgehead atoms. The van der Waals surface area contributed by atoms with Gasteiger partial charge in [-0.2, -0.15) is 17.9 Å². The molecule has 0 aliphatic heterocycles. The molecule has 17 heavy (non-hydrogen) atoms. The number of hydrogen-bond donors (Lipinski definition) is 3. The van der Waals surface area contributed by atoms with Crippen molar-refractivity contribution in [1.82, 2.24) is 9.44 Å². The average Bonchev–Trinajstić information content (AvgIpc) is 2.30. The molecule has 0 aromatic heterocycles. The lowest BCUT2D eigenvalue weighted by Gasteiger charge is -2.36. The molecule has 0 amide bonds. The molecule has 0 unspecified atom stereocenters. The highest BCUT2D eigenvalue weighted by atomic mass is 32.2. The van der Waals surface area contributed by atoms with E-state index in [1.807, 2.05) is 0 Å². The molecule has 1 aliphatic rings. The molecular formula is C10H23N3O3S. The molecule has 1 saturated carbocycles. The third kappa shape index (κ3) is 4.89. The average molecular weight is 265 g/mol. The molecule has 0 aromatic rings. The minimum atomic E-state index is -3.48. The summed E-state index contributed by atoms with van der Waals surface area (Å²) in [6.07, 6.45) is 4.83. The predicted octanol–water partition coefficient (Wildman–Crippen LogP) is -0.282. The first kappa shape index (κ1) is 14.8. The summed E-state index contributed by atoms with van der Waals surface area (Å²) < 4.78 is 33.6. The van der Waals surface area contributed by atoms with Crippen molar-refractivity contribution in [3.63, 3.8) is 0 Å². The molecule has 0 saturated heterocycles. The lowest BCUT2D eigenvalue weighted by atomic mass is 9.83. The van der Waals surface area contributed by atoms with Gasteiger partial charge in [0.25, 0.3) is 10.2 Å². The van der Waals surface area contributed by atoms with Crippen molar-refractivity contribution in [3.8, 4) is 0 Å². The number of hydrogen-bond acceptors (Lipinski definition) is 4. The zero-order chi connectivity index (χ0) is 12.8. The smallest absolute Gasteiger partial charge is 0.277 e. The van der Waals surface area contributed by atoms with Gasteiger partial charge in [-0.3, -0.25) is 0 Å². The summed E-state index contributed by atoms with van der Waals surface area (Å²) in [6.45, 7) is 0.973. The fraction of sp³-hybridized carbons (Fsp3) is 1.00. The summed E-state index contributed by atoms with van der Waals surface area (Å²) in [7, 11) is -1.95. The Labute approximate surface area is 103 Å². The van der Waals surface area contributed by atoms with Gasteiger partial charge in [0.15, 0.2) is 0 Å². The van der Waals surface area contributed by atoms with Gasteiger partial charge in [-0.15, -0.1) is 0 Å². The van der Waals surface area contributed by atoms with Crippen molar-refractivity contribution in [2.75, 3.05) is 26.8 Å². The van der Waals surface area contributed by atoms with Gasteiger partial charge >= 0.3 is 0 Å². The Morgan fingerprint density at radius 2 is 1.94 bits per heavy atom. The summed E-state index contributed by atoms with van der Waals surface area (Å²) in [5, 5.41) is 0. The fourth-order valence-electron chi connectivity index (χ4n) is 2.18. The van der Waals surface area contributed by atoms with E-state index in [9.17, 15) is 8.42 Å². The molecule has 1 aliphatic carbocycles. The third-order valence-corrected chi connectivity index (χ3v) is 4.44. The molecule has 0 aromatic carbocycles. The molecule has 0 atom stereocenters. The molecule has 7 heteroatoms. The van der Waals surface area contributed by atoms with Crippen molar-refractivity contribution < 1.29 is 13.2 Å². The number of ether oxygens (including phenoxy) is 1. The SMILES string of the molecule is COCCNS(=O)(=O)NC1(CN)CCCCC1. The van der Waals surface area contributed by atoms with Crippen LogP contribution in [0, 0.1) is 0 Å². The Kier molecular flexibility index (Phi) is 5.81. The zero-order valence-electron chi connectivity index (χ0n) is 10.4. The topological polar surface area (TPSA) is 93.4 Å². The Hall–Kier alpha value is -0.210.